The Morgan fingerprint density at radius 1 is 1.24 bits per heavy atom. The zero-order chi connectivity index (χ0) is 21.2. The van der Waals surface area contributed by atoms with E-state index >= 15 is 0 Å². The third-order valence-electron chi connectivity index (χ3n) is 6.54. The number of carbonyl (C=O) groups excluding carboxylic acids is 1. The van der Waals surface area contributed by atoms with Crippen LogP contribution in [0.1, 0.15) is 52.1 Å². The number of benzene rings is 1. The van der Waals surface area contributed by atoms with Gasteiger partial charge in [-0.3, -0.25) is 0 Å². The van der Waals surface area contributed by atoms with E-state index in [2.05, 4.69) is 76.0 Å². The van der Waals surface area contributed by atoms with E-state index in [0.717, 1.165) is 18.5 Å². The molecule has 0 bridgehead atoms. The van der Waals surface area contributed by atoms with E-state index in [1.165, 1.54) is 5.56 Å². The highest BCUT2D eigenvalue weighted by Crippen LogP contribution is 2.40. The molecule has 158 valence electrons. The molecule has 0 fully saturated rings. The van der Waals surface area contributed by atoms with Crippen LogP contribution in [0.5, 0.6) is 0 Å². The molecule has 1 aromatic rings. The maximum absolute atomic E-state index is 12.2. The molecule has 3 rings (SSSR count). The number of hydrogen-bond donors (Lipinski definition) is 0. The summed E-state index contributed by atoms with van der Waals surface area (Å²) in [5.41, 5.74) is 2.92. The summed E-state index contributed by atoms with van der Waals surface area (Å²) in [6, 6.07) is 10.8. The quantitative estimate of drug-likeness (QED) is 0.431. The number of cyclic esters (lactones) is 1. The van der Waals surface area contributed by atoms with Gasteiger partial charge in [-0.1, -0.05) is 70.5 Å². The predicted octanol–water partition coefficient (Wildman–Crippen LogP) is 5.60. The van der Waals surface area contributed by atoms with Crippen molar-refractivity contribution in [2.45, 2.75) is 70.8 Å². The molecule has 2 aliphatic heterocycles. The molecule has 0 N–H and O–H groups in total. The fourth-order valence-corrected chi connectivity index (χ4v) is 4.76. The molecule has 0 aromatic heterocycles. The molecule has 0 spiro atoms. The number of carbonyl (C=O) groups is 1. The Morgan fingerprint density at radius 2 is 1.93 bits per heavy atom. The predicted molar refractivity (Wildman–Crippen MR) is 120 cm³/mol. The first kappa shape index (κ1) is 21.8. The van der Waals surface area contributed by atoms with Gasteiger partial charge in [-0.25, -0.2) is 4.79 Å². The lowest BCUT2D eigenvalue weighted by molar-refractivity contribution is -0.135. The van der Waals surface area contributed by atoms with Gasteiger partial charge in [-0.05, 0) is 36.2 Å². The lowest BCUT2D eigenvalue weighted by atomic mass is 9.96. The number of rotatable bonds is 7. The number of hydrogen-bond acceptors (Lipinski definition) is 4. The van der Waals surface area contributed by atoms with Crippen LogP contribution < -0.4 is 0 Å². The minimum Gasteiger partial charge on any atom is -0.456 e. The van der Waals surface area contributed by atoms with E-state index in [0.29, 0.717) is 18.8 Å². The number of nitrogens with zero attached hydrogens (tertiary/aromatic N) is 1. The Labute approximate surface area is 176 Å². The van der Waals surface area contributed by atoms with Gasteiger partial charge >= 0.3 is 5.97 Å². The molecule has 2 aliphatic rings. The molecule has 0 aliphatic carbocycles. The summed E-state index contributed by atoms with van der Waals surface area (Å²) in [5.74, 6) is -0.215. The fraction of sp³-hybridized carbons (Fsp3) is 0.542. The average molecular weight is 414 g/mol. The molecule has 1 aromatic carbocycles. The van der Waals surface area contributed by atoms with Gasteiger partial charge in [0.1, 0.15) is 6.61 Å². The lowest BCUT2D eigenvalue weighted by Crippen LogP contribution is -2.46. The molecule has 0 saturated carbocycles. The summed E-state index contributed by atoms with van der Waals surface area (Å²) in [7, 11) is -1.91. The molecule has 0 saturated heterocycles. The largest absolute Gasteiger partial charge is 0.456 e. The van der Waals surface area contributed by atoms with Gasteiger partial charge < -0.3 is 14.1 Å². The molecule has 0 amide bonds. The molecule has 29 heavy (non-hydrogen) atoms. The maximum Gasteiger partial charge on any atom is 0.340 e. The van der Waals surface area contributed by atoms with Gasteiger partial charge in [-0.15, -0.1) is 0 Å². The highest BCUT2D eigenvalue weighted by molar-refractivity contribution is 6.74. The number of esters is 1. The minimum atomic E-state index is -1.91. The van der Waals surface area contributed by atoms with Crippen molar-refractivity contribution >= 4 is 14.3 Å². The van der Waals surface area contributed by atoms with Crippen molar-refractivity contribution in [3.8, 4) is 0 Å². The Hall–Kier alpha value is -1.85. The van der Waals surface area contributed by atoms with Crippen LogP contribution in [0.25, 0.3) is 0 Å². The first-order chi connectivity index (χ1) is 13.7. The molecule has 2 heterocycles. The van der Waals surface area contributed by atoms with Gasteiger partial charge in [0.2, 0.25) is 0 Å². The second kappa shape index (κ2) is 8.48. The van der Waals surface area contributed by atoms with E-state index in [-0.39, 0.29) is 23.1 Å². The van der Waals surface area contributed by atoms with Crippen LogP contribution in [0.3, 0.4) is 0 Å². The second-order valence-electron chi connectivity index (χ2n) is 9.56. The van der Waals surface area contributed by atoms with Crippen LogP contribution in [0.4, 0.5) is 0 Å². The lowest BCUT2D eigenvalue weighted by Gasteiger charge is -2.44. The topological polar surface area (TPSA) is 38.8 Å². The van der Waals surface area contributed by atoms with Crippen LogP contribution in [0.2, 0.25) is 18.1 Å². The van der Waals surface area contributed by atoms with Crippen LogP contribution in [-0.2, 0) is 14.0 Å². The van der Waals surface area contributed by atoms with E-state index < -0.39 is 8.32 Å². The summed E-state index contributed by atoms with van der Waals surface area (Å²) in [6.45, 7) is 14.6. The monoisotopic (exact) mass is 413 g/mol. The Bertz CT molecular complexity index is 792. The van der Waals surface area contributed by atoms with Crippen molar-refractivity contribution in [2.75, 3.05) is 13.2 Å². The van der Waals surface area contributed by atoms with Crippen LogP contribution >= 0.6 is 0 Å². The summed E-state index contributed by atoms with van der Waals surface area (Å²) in [6.07, 6.45) is 6.23. The van der Waals surface area contributed by atoms with Gasteiger partial charge in [-0.2, -0.15) is 0 Å². The summed E-state index contributed by atoms with van der Waals surface area (Å²) >= 11 is 0. The highest BCUT2D eigenvalue weighted by Gasteiger charge is 2.41. The zero-order valence-electron chi connectivity index (χ0n) is 18.7. The molecular weight excluding hydrogens is 378 g/mol. The van der Waals surface area contributed by atoms with E-state index in [4.69, 9.17) is 9.16 Å². The maximum atomic E-state index is 12.2. The van der Waals surface area contributed by atoms with Crippen molar-refractivity contribution in [2.24, 2.45) is 0 Å². The van der Waals surface area contributed by atoms with Gasteiger partial charge in [0.25, 0.3) is 0 Å². The van der Waals surface area contributed by atoms with Gasteiger partial charge in [0, 0.05) is 6.04 Å². The van der Waals surface area contributed by atoms with Crippen LogP contribution in [0.15, 0.2) is 53.8 Å². The van der Waals surface area contributed by atoms with Crippen molar-refractivity contribution in [3.05, 3.63) is 59.3 Å². The normalized spacial score (nSPS) is 20.7. The molecule has 5 heteroatoms. The van der Waals surface area contributed by atoms with Crippen molar-refractivity contribution in [1.29, 1.82) is 0 Å². The first-order valence-electron chi connectivity index (χ1n) is 10.7. The zero-order valence-corrected chi connectivity index (χ0v) is 19.7. The van der Waals surface area contributed by atoms with Crippen LogP contribution in [0, 0.1) is 0 Å². The van der Waals surface area contributed by atoms with Crippen molar-refractivity contribution in [3.63, 3.8) is 0 Å². The summed E-state index contributed by atoms with van der Waals surface area (Å²) in [4.78, 5) is 14.6. The fourth-order valence-electron chi connectivity index (χ4n) is 3.75. The third-order valence-corrected chi connectivity index (χ3v) is 11.0. The van der Waals surface area contributed by atoms with E-state index in [1.54, 1.807) is 0 Å². The molecule has 1 unspecified atom stereocenters. The van der Waals surface area contributed by atoms with E-state index in [1.807, 2.05) is 12.1 Å². The third kappa shape index (κ3) is 4.51. The summed E-state index contributed by atoms with van der Waals surface area (Å²) in [5, 5.41) is 0.149. The minimum absolute atomic E-state index is 0.0475. The average Bonchev–Trinajstić information content (AvgIpc) is 3.04. The highest BCUT2D eigenvalue weighted by atomic mass is 28.4. The Balaban J connectivity index is 1.99. The van der Waals surface area contributed by atoms with Crippen LogP contribution in [-0.4, -0.2) is 38.4 Å². The number of ether oxygens (including phenoxy) is 1. The van der Waals surface area contributed by atoms with E-state index in [9.17, 15) is 4.79 Å². The molecular formula is C24H35NO3Si. The van der Waals surface area contributed by atoms with Gasteiger partial charge in [0.15, 0.2) is 8.32 Å². The standard InChI is InChI=1S/C24H35NO3Si/c1-7-11-19-14-15-20-22(16-27-23(20)26)25(19)21(18-12-9-8-10-13-18)17-28-29(5,6)24(2,3)4/h8-10,12-15,19,21H,7,11,16-17H2,1-6H3/t19?,21-/m0/s1. The molecule has 0 radical (unpaired) electrons. The van der Waals surface area contributed by atoms with Crippen molar-refractivity contribution < 1.29 is 14.0 Å². The SMILES string of the molecule is CCCC1C=CC2=C(COC2=O)N1[C@@H](CO[Si](C)(C)C(C)(C)C)c1ccccc1. The Kier molecular flexibility index (Phi) is 6.39. The van der Waals surface area contributed by atoms with Crippen molar-refractivity contribution in [1.82, 2.24) is 4.90 Å². The first-order valence-corrected chi connectivity index (χ1v) is 13.6. The second-order valence-corrected chi connectivity index (χ2v) is 14.4. The molecule has 4 nitrogen and oxygen atoms in total. The van der Waals surface area contributed by atoms with Gasteiger partial charge in [0.05, 0.1) is 23.9 Å². The smallest absolute Gasteiger partial charge is 0.340 e. The summed E-state index contributed by atoms with van der Waals surface area (Å²) < 4.78 is 12.1. The Morgan fingerprint density at radius 3 is 2.55 bits per heavy atom. The molecule has 2 atom stereocenters.